The van der Waals surface area contributed by atoms with Crippen molar-refractivity contribution in [3.63, 3.8) is 0 Å². The van der Waals surface area contributed by atoms with Crippen LogP contribution in [-0.4, -0.2) is 36.6 Å². The largest absolute Gasteiger partial charge is 0.381 e. The fourth-order valence-electron chi connectivity index (χ4n) is 3.66. The first-order valence-electron chi connectivity index (χ1n) is 8.32. The van der Waals surface area contributed by atoms with Gasteiger partial charge in [-0.05, 0) is 61.8 Å². The molecule has 21 heavy (non-hydrogen) atoms. The van der Waals surface area contributed by atoms with Gasteiger partial charge in [0.15, 0.2) is 0 Å². The van der Waals surface area contributed by atoms with E-state index in [9.17, 15) is 4.79 Å². The number of nitrogens with zero attached hydrogens (tertiary/aromatic N) is 1. The summed E-state index contributed by atoms with van der Waals surface area (Å²) >= 11 is 0. The summed E-state index contributed by atoms with van der Waals surface area (Å²) in [5.74, 6) is 0.767. The lowest BCUT2D eigenvalue weighted by atomic mass is 10.0. The van der Waals surface area contributed by atoms with Crippen LogP contribution >= 0.6 is 0 Å². The second-order valence-corrected chi connectivity index (χ2v) is 6.76. The van der Waals surface area contributed by atoms with Crippen molar-refractivity contribution in [2.75, 3.05) is 19.8 Å². The summed E-state index contributed by atoms with van der Waals surface area (Å²) in [6, 6.07) is 6.82. The Morgan fingerprint density at radius 2 is 2.05 bits per heavy atom. The molecule has 1 aliphatic heterocycles. The van der Waals surface area contributed by atoms with E-state index in [2.05, 4.69) is 17.0 Å². The number of hydrogen-bond acceptors (Lipinski definition) is 2. The van der Waals surface area contributed by atoms with Gasteiger partial charge in [0.1, 0.15) is 0 Å². The van der Waals surface area contributed by atoms with E-state index in [1.165, 1.54) is 36.8 Å². The molecule has 3 aliphatic rings. The molecule has 1 saturated carbocycles. The topological polar surface area (TPSA) is 29.5 Å². The van der Waals surface area contributed by atoms with Crippen LogP contribution in [0.3, 0.4) is 0 Å². The third kappa shape index (κ3) is 2.71. The molecule has 1 amide bonds. The van der Waals surface area contributed by atoms with E-state index < -0.39 is 0 Å². The highest BCUT2D eigenvalue weighted by atomic mass is 16.5. The van der Waals surface area contributed by atoms with E-state index in [-0.39, 0.29) is 5.91 Å². The number of benzene rings is 1. The molecule has 0 spiro atoms. The summed E-state index contributed by atoms with van der Waals surface area (Å²) in [6.45, 7) is 2.55. The van der Waals surface area contributed by atoms with Crippen LogP contribution in [0.4, 0.5) is 0 Å². The standard InChI is InChI=1S/C18H23NO2/c20-18(16-5-4-14-2-1-3-15(14)10-16)19(17-6-7-17)11-13-8-9-21-12-13/h4-5,10,13,17H,1-3,6-9,11-12H2/t13-/m0/s1. The maximum absolute atomic E-state index is 12.9. The van der Waals surface area contributed by atoms with Crippen molar-refractivity contribution in [1.82, 2.24) is 4.90 Å². The Morgan fingerprint density at radius 3 is 2.81 bits per heavy atom. The summed E-state index contributed by atoms with van der Waals surface area (Å²) < 4.78 is 5.47. The molecule has 1 saturated heterocycles. The van der Waals surface area contributed by atoms with Gasteiger partial charge in [-0.15, -0.1) is 0 Å². The summed E-state index contributed by atoms with van der Waals surface area (Å²) in [5, 5.41) is 0. The second-order valence-electron chi connectivity index (χ2n) is 6.76. The van der Waals surface area contributed by atoms with E-state index in [0.717, 1.165) is 38.2 Å². The Morgan fingerprint density at radius 1 is 1.19 bits per heavy atom. The molecule has 0 radical (unpaired) electrons. The summed E-state index contributed by atoms with van der Waals surface area (Å²) in [5.41, 5.74) is 3.72. The third-order valence-electron chi connectivity index (χ3n) is 5.07. The Kier molecular flexibility index (Phi) is 3.46. The number of carbonyl (C=O) groups excluding carboxylic acids is 1. The molecule has 1 atom stereocenters. The first-order chi connectivity index (χ1) is 10.3. The number of aryl methyl sites for hydroxylation is 2. The summed E-state index contributed by atoms with van der Waals surface area (Å²) in [7, 11) is 0. The average Bonchev–Trinajstić information content (AvgIpc) is 3.02. The molecule has 3 heteroatoms. The monoisotopic (exact) mass is 285 g/mol. The van der Waals surface area contributed by atoms with Crippen molar-refractivity contribution in [1.29, 1.82) is 0 Å². The van der Waals surface area contributed by atoms with Crippen LogP contribution in [-0.2, 0) is 17.6 Å². The van der Waals surface area contributed by atoms with Crippen LogP contribution in [0.5, 0.6) is 0 Å². The van der Waals surface area contributed by atoms with Crippen LogP contribution in [0.1, 0.15) is 47.2 Å². The zero-order chi connectivity index (χ0) is 14.2. The fourth-order valence-corrected chi connectivity index (χ4v) is 3.66. The van der Waals surface area contributed by atoms with Gasteiger partial charge >= 0.3 is 0 Å². The van der Waals surface area contributed by atoms with Gasteiger partial charge < -0.3 is 9.64 Å². The zero-order valence-corrected chi connectivity index (χ0v) is 12.5. The van der Waals surface area contributed by atoms with Gasteiger partial charge in [0.25, 0.3) is 5.91 Å². The SMILES string of the molecule is O=C(c1ccc2c(c1)CCC2)N(C[C@@H]1CCOC1)C1CC1. The maximum atomic E-state index is 12.9. The van der Waals surface area contributed by atoms with Crippen LogP contribution < -0.4 is 0 Å². The normalized spacial score (nSPS) is 24.1. The van der Waals surface area contributed by atoms with Crippen LogP contribution in [0.25, 0.3) is 0 Å². The van der Waals surface area contributed by atoms with Gasteiger partial charge in [-0.25, -0.2) is 0 Å². The van der Waals surface area contributed by atoms with Gasteiger partial charge in [-0.3, -0.25) is 4.79 Å². The maximum Gasteiger partial charge on any atom is 0.254 e. The highest BCUT2D eigenvalue weighted by molar-refractivity contribution is 5.95. The molecule has 2 aliphatic carbocycles. The van der Waals surface area contributed by atoms with Crippen molar-refractivity contribution in [3.8, 4) is 0 Å². The molecule has 0 bridgehead atoms. The third-order valence-corrected chi connectivity index (χ3v) is 5.07. The second kappa shape index (κ2) is 5.45. The minimum Gasteiger partial charge on any atom is -0.381 e. The van der Waals surface area contributed by atoms with Crippen LogP contribution in [0.2, 0.25) is 0 Å². The molecule has 1 heterocycles. The summed E-state index contributed by atoms with van der Waals surface area (Å²) in [4.78, 5) is 15.0. The first kappa shape index (κ1) is 13.3. The van der Waals surface area contributed by atoms with Crippen molar-refractivity contribution in [2.24, 2.45) is 5.92 Å². The molecule has 1 aromatic rings. The number of hydrogen-bond donors (Lipinski definition) is 0. The number of rotatable bonds is 4. The molecular weight excluding hydrogens is 262 g/mol. The van der Waals surface area contributed by atoms with Gasteiger partial charge in [-0.2, -0.15) is 0 Å². The molecule has 112 valence electrons. The van der Waals surface area contributed by atoms with Crippen molar-refractivity contribution >= 4 is 5.91 Å². The quantitative estimate of drug-likeness (QED) is 0.851. The number of ether oxygens (including phenoxy) is 1. The minimum absolute atomic E-state index is 0.235. The Labute approximate surface area is 126 Å². The Hall–Kier alpha value is -1.35. The molecule has 1 aromatic carbocycles. The Balaban J connectivity index is 1.53. The van der Waals surface area contributed by atoms with E-state index >= 15 is 0 Å². The van der Waals surface area contributed by atoms with Gasteiger partial charge in [0.05, 0.1) is 6.61 Å². The van der Waals surface area contributed by atoms with E-state index in [1.807, 2.05) is 6.07 Å². The highest BCUT2D eigenvalue weighted by Crippen LogP contribution is 2.31. The van der Waals surface area contributed by atoms with Gasteiger partial charge in [0, 0.05) is 30.7 Å². The highest BCUT2D eigenvalue weighted by Gasteiger charge is 2.35. The van der Waals surface area contributed by atoms with Crippen molar-refractivity contribution < 1.29 is 9.53 Å². The van der Waals surface area contributed by atoms with Crippen molar-refractivity contribution in [3.05, 3.63) is 34.9 Å². The zero-order valence-electron chi connectivity index (χ0n) is 12.5. The predicted octanol–water partition coefficient (Wildman–Crippen LogP) is 2.82. The van der Waals surface area contributed by atoms with E-state index in [0.29, 0.717) is 12.0 Å². The molecular formula is C18H23NO2. The van der Waals surface area contributed by atoms with E-state index in [1.54, 1.807) is 0 Å². The lowest BCUT2D eigenvalue weighted by Gasteiger charge is -2.25. The predicted molar refractivity (Wildman–Crippen MR) is 81.5 cm³/mol. The van der Waals surface area contributed by atoms with Gasteiger partial charge in [-0.1, -0.05) is 6.07 Å². The van der Waals surface area contributed by atoms with Gasteiger partial charge in [0.2, 0.25) is 0 Å². The molecule has 0 unspecified atom stereocenters. The minimum atomic E-state index is 0.235. The smallest absolute Gasteiger partial charge is 0.254 e. The van der Waals surface area contributed by atoms with Crippen molar-refractivity contribution in [2.45, 2.75) is 44.6 Å². The lowest BCUT2D eigenvalue weighted by molar-refractivity contribution is 0.0706. The van der Waals surface area contributed by atoms with Crippen LogP contribution in [0, 0.1) is 5.92 Å². The Bertz CT molecular complexity index is 544. The average molecular weight is 285 g/mol. The number of fused-ring (bicyclic) bond motifs is 1. The molecule has 3 nitrogen and oxygen atoms in total. The molecule has 4 rings (SSSR count). The lowest BCUT2D eigenvalue weighted by Crippen LogP contribution is -2.37. The molecule has 0 aromatic heterocycles. The molecule has 0 N–H and O–H groups in total. The summed E-state index contributed by atoms with van der Waals surface area (Å²) in [6.07, 6.45) is 6.99. The fraction of sp³-hybridized carbons (Fsp3) is 0.611. The number of amides is 1. The van der Waals surface area contributed by atoms with Crippen LogP contribution in [0.15, 0.2) is 18.2 Å². The molecule has 2 fully saturated rings. The number of carbonyl (C=O) groups is 1. The van der Waals surface area contributed by atoms with E-state index in [4.69, 9.17) is 4.74 Å². The first-order valence-corrected chi connectivity index (χ1v) is 8.32.